The van der Waals surface area contributed by atoms with Gasteiger partial charge in [0.05, 0.1) is 6.61 Å². The predicted octanol–water partition coefficient (Wildman–Crippen LogP) is 3.68. The SMILES string of the molecule is CCOCC[C@@](C#N)(O[Si](C)(C)C)c1ccccc1. The fourth-order valence-corrected chi connectivity index (χ4v) is 3.30. The molecule has 1 rings (SSSR count). The number of benzene rings is 1. The van der Waals surface area contributed by atoms with Crippen molar-refractivity contribution in [3.63, 3.8) is 0 Å². The maximum Gasteiger partial charge on any atom is 0.186 e. The third-order valence-electron chi connectivity index (χ3n) is 2.70. The van der Waals surface area contributed by atoms with E-state index in [0.717, 1.165) is 5.56 Å². The van der Waals surface area contributed by atoms with Gasteiger partial charge >= 0.3 is 0 Å². The van der Waals surface area contributed by atoms with E-state index in [1.807, 2.05) is 37.3 Å². The average Bonchev–Trinajstić information content (AvgIpc) is 2.37. The van der Waals surface area contributed by atoms with Crippen molar-refractivity contribution in [3.05, 3.63) is 35.9 Å². The Hall–Kier alpha value is -1.15. The summed E-state index contributed by atoms with van der Waals surface area (Å²) in [4.78, 5) is 0. The van der Waals surface area contributed by atoms with Crippen LogP contribution in [0.2, 0.25) is 19.6 Å². The molecule has 0 spiro atoms. The van der Waals surface area contributed by atoms with Crippen molar-refractivity contribution in [3.8, 4) is 6.07 Å². The normalized spacial score (nSPS) is 14.7. The summed E-state index contributed by atoms with van der Waals surface area (Å²) >= 11 is 0. The molecule has 1 aromatic carbocycles. The Kier molecular flexibility index (Phi) is 5.74. The molecule has 0 radical (unpaired) electrons. The van der Waals surface area contributed by atoms with Gasteiger partial charge in [0, 0.05) is 13.0 Å². The number of rotatable bonds is 7. The maximum atomic E-state index is 9.68. The van der Waals surface area contributed by atoms with Gasteiger partial charge in [-0.2, -0.15) is 5.26 Å². The summed E-state index contributed by atoms with van der Waals surface area (Å²) in [5.41, 5.74) is 0.0283. The van der Waals surface area contributed by atoms with E-state index in [-0.39, 0.29) is 0 Å². The highest BCUT2D eigenvalue weighted by Crippen LogP contribution is 2.32. The summed E-state index contributed by atoms with van der Waals surface area (Å²) < 4.78 is 11.6. The highest BCUT2D eigenvalue weighted by Gasteiger charge is 2.37. The van der Waals surface area contributed by atoms with Gasteiger partial charge < -0.3 is 9.16 Å². The summed E-state index contributed by atoms with van der Waals surface area (Å²) in [7, 11) is -1.83. The molecule has 0 bridgehead atoms. The fraction of sp³-hybridized carbons (Fsp3) is 0.533. The van der Waals surface area contributed by atoms with Gasteiger partial charge in [0.1, 0.15) is 6.07 Å². The Bertz CT molecular complexity index is 422. The van der Waals surface area contributed by atoms with E-state index < -0.39 is 13.9 Å². The first kappa shape index (κ1) is 15.9. The summed E-state index contributed by atoms with van der Waals surface area (Å²) in [6.07, 6.45) is 0.561. The molecule has 3 nitrogen and oxygen atoms in total. The molecule has 0 aliphatic heterocycles. The third kappa shape index (κ3) is 4.79. The molecule has 0 N–H and O–H groups in total. The zero-order chi connectivity index (χ0) is 14.4. The van der Waals surface area contributed by atoms with Crippen molar-refractivity contribution in [2.24, 2.45) is 0 Å². The van der Waals surface area contributed by atoms with Crippen LogP contribution in [0.4, 0.5) is 0 Å². The predicted molar refractivity (Wildman–Crippen MR) is 79.3 cm³/mol. The van der Waals surface area contributed by atoms with Crippen LogP contribution in [-0.2, 0) is 14.8 Å². The number of hydrogen-bond acceptors (Lipinski definition) is 3. The fourth-order valence-electron chi connectivity index (χ4n) is 1.99. The second-order valence-corrected chi connectivity index (χ2v) is 9.90. The molecule has 0 heterocycles. The van der Waals surface area contributed by atoms with Crippen LogP contribution in [0.15, 0.2) is 30.3 Å². The van der Waals surface area contributed by atoms with Crippen molar-refractivity contribution in [2.45, 2.75) is 38.6 Å². The second-order valence-electron chi connectivity index (χ2n) is 5.47. The maximum absolute atomic E-state index is 9.68. The van der Waals surface area contributed by atoms with Crippen molar-refractivity contribution in [2.75, 3.05) is 13.2 Å². The quantitative estimate of drug-likeness (QED) is 0.564. The van der Waals surface area contributed by atoms with E-state index in [1.54, 1.807) is 0 Å². The summed E-state index contributed by atoms with van der Waals surface area (Å²) in [5.74, 6) is 0. The van der Waals surface area contributed by atoms with Crippen molar-refractivity contribution in [1.29, 1.82) is 5.26 Å². The van der Waals surface area contributed by atoms with Gasteiger partial charge in [0.2, 0.25) is 0 Å². The van der Waals surface area contributed by atoms with E-state index in [2.05, 4.69) is 25.7 Å². The standard InChI is InChI=1S/C15H23NO2Si/c1-5-17-12-11-15(13-16,18-19(2,3)4)14-9-7-6-8-10-14/h6-10H,5,11-12H2,1-4H3/t15-/m0/s1. The minimum Gasteiger partial charge on any atom is -0.396 e. The molecule has 0 amide bonds. The van der Waals surface area contributed by atoms with Gasteiger partial charge in [-0.25, -0.2) is 0 Å². The van der Waals surface area contributed by atoms with Crippen LogP contribution in [0.1, 0.15) is 18.9 Å². The molecule has 4 heteroatoms. The monoisotopic (exact) mass is 277 g/mol. The third-order valence-corrected chi connectivity index (χ3v) is 3.66. The minimum absolute atomic E-state index is 0.531. The number of nitrogens with zero attached hydrogens (tertiary/aromatic N) is 1. The van der Waals surface area contributed by atoms with Gasteiger partial charge in [0.15, 0.2) is 13.9 Å². The van der Waals surface area contributed by atoms with E-state index in [0.29, 0.717) is 19.6 Å². The minimum atomic E-state index is -1.83. The van der Waals surface area contributed by atoms with Crippen molar-refractivity contribution >= 4 is 8.32 Å². The number of nitriles is 1. The van der Waals surface area contributed by atoms with E-state index in [1.165, 1.54) is 0 Å². The summed E-state index contributed by atoms with van der Waals surface area (Å²) in [6, 6.07) is 12.1. The lowest BCUT2D eigenvalue weighted by atomic mass is 9.92. The first-order valence-corrected chi connectivity index (χ1v) is 10.1. The lowest BCUT2D eigenvalue weighted by molar-refractivity contribution is 0.0556. The first-order valence-electron chi connectivity index (χ1n) is 6.68. The van der Waals surface area contributed by atoms with Gasteiger partial charge in [-0.1, -0.05) is 30.3 Å². The average molecular weight is 277 g/mol. The molecule has 19 heavy (non-hydrogen) atoms. The smallest absolute Gasteiger partial charge is 0.186 e. The van der Waals surface area contributed by atoms with Crippen LogP contribution in [0, 0.1) is 11.3 Å². The van der Waals surface area contributed by atoms with E-state index >= 15 is 0 Å². The van der Waals surface area contributed by atoms with Crippen LogP contribution in [0.5, 0.6) is 0 Å². The zero-order valence-electron chi connectivity index (χ0n) is 12.3. The molecule has 0 saturated carbocycles. The van der Waals surface area contributed by atoms with Gasteiger partial charge in [-0.05, 0) is 32.1 Å². The molecule has 0 unspecified atom stereocenters. The Morgan fingerprint density at radius 2 is 1.84 bits per heavy atom. The van der Waals surface area contributed by atoms with Gasteiger partial charge in [-0.15, -0.1) is 0 Å². The molecule has 0 saturated heterocycles. The molecule has 0 fully saturated rings. The highest BCUT2D eigenvalue weighted by atomic mass is 28.4. The summed E-state index contributed by atoms with van der Waals surface area (Å²) in [6.45, 7) is 9.44. The van der Waals surface area contributed by atoms with Crippen molar-refractivity contribution in [1.82, 2.24) is 0 Å². The molecule has 0 aromatic heterocycles. The van der Waals surface area contributed by atoms with Crippen LogP contribution < -0.4 is 0 Å². The molecular formula is C15H23NO2Si. The van der Waals surface area contributed by atoms with Crippen LogP contribution >= 0.6 is 0 Å². The van der Waals surface area contributed by atoms with Gasteiger partial charge in [-0.3, -0.25) is 0 Å². The lowest BCUT2D eigenvalue weighted by Gasteiger charge is -2.34. The Morgan fingerprint density at radius 1 is 1.21 bits per heavy atom. The highest BCUT2D eigenvalue weighted by molar-refractivity contribution is 6.69. The summed E-state index contributed by atoms with van der Waals surface area (Å²) in [5, 5.41) is 9.68. The molecule has 1 atom stereocenters. The topological polar surface area (TPSA) is 42.2 Å². The van der Waals surface area contributed by atoms with Crippen LogP contribution in [0.25, 0.3) is 0 Å². The zero-order valence-corrected chi connectivity index (χ0v) is 13.3. The van der Waals surface area contributed by atoms with Crippen LogP contribution in [0.3, 0.4) is 0 Å². The first-order chi connectivity index (χ1) is 8.93. The lowest BCUT2D eigenvalue weighted by Crippen LogP contribution is -2.40. The molecule has 0 aliphatic carbocycles. The Balaban J connectivity index is 3.04. The Morgan fingerprint density at radius 3 is 2.32 bits per heavy atom. The van der Waals surface area contributed by atoms with E-state index in [9.17, 15) is 5.26 Å². The largest absolute Gasteiger partial charge is 0.396 e. The molecule has 1 aromatic rings. The number of ether oxygens (including phenoxy) is 1. The van der Waals surface area contributed by atoms with E-state index in [4.69, 9.17) is 9.16 Å². The molecule has 0 aliphatic rings. The van der Waals surface area contributed by atoms with Crippen molar-refractivity contribution < 1.29 is 9.16 Å². The second kappa shape index (κ2) is 6.85. The molecule has 104 valence electrons. The Labute approximate surface area is 117 Å². The molecular weight excluding hydrogens is 254 g/mol. The van der Waals surface area contributed by atoms with Gasteiger partial charge in [0.25, 0.3) is 0 Å². The van der Waals surface area contributed by atoms with Crippen LogP contribution in [-0.4, -0.2) is 21.5 Å². The number of hydrogen-bond donors (Lipinski definition) is 0.